The second-order valence-corrected chi connectivity index (χ2v) is 6.69. The molecule has 0 bridgehead atoms. The van der Waals surface area contributed by atoms with Crippen LogP contribution in [0.2, 0.25) is 0 Å². The van der Waals surface area contributed by atoms with Crippen molar-refractivity contribution in [3.8, 4) is 5.75 Å². The highest BCUT2D eigenvalue weighted by Gasteiger charge is 2.15. The van der Waals surface area contributed by atoms with Crippen LogP contribution in [0.25, 0.3) is 0 Å². The summed E-state index contributed by atoms with van der Waals surface area (Å²) < 4.78 is 5.96. The van der Waals surface area contributed by atoms with Gasteiger partial charge in [0, 0.05) is 5.69 Å². The van der Waals surface area contributed by atoms with E-state index in [0.717, 1.165) is 28.8 Å². The monoisotopic (exact) mass is 359 g/mol. The van der Waals surface area contributed by atoms with Crippen molar-refractivity contribution in [3.05, 3.63) is 94.5 Å². The minimum absolute atomic E-state index is 0.154. The van der Waals surface area contributed by atoms with Crippen molar-refractivity contribution in [2.75, 3.05) is 5.32 Å². The molecule has 0 radical (unpaired) electrons. The number of hydrogen-bond acceptors (Lipinski definition) is 2. The van der Waals surface area contributed by atoms with Crippen LogP contribution in [0, 0.1) is 13.8 Å². The number of carbonyl (C=O) groups is 1. The van der Waals surface area contributed by atoms with Crippen molar-refractivity contribution < 1.29 is 9.53 Å². The number of aryl methyl sites for hydroxylation is 3. The summed E-state index contributed by atoms with van der Waals surface area (Å²) in [7, 11) is 0. The zero-order valence-corrected chi connectivity index (χ0v) is 16.1. The lowest BCUT2D eigenvalue weighted by Gasteiger charge is -2.15. The molecule has 0 spiro atoms. The molecule has 1 N–H and O–H groups in total. The molecular weight excluding hydrogens is 334 g/mol. The predicted molar refractivity (Wildman–Crippen MR) is 110 cm³/mol. The number of hydrogen-bond donors (Lipinski definition) is 1. The molecule has 3 aromatic carbocycles. The summed E-state index contributed by atoms with van der Waals surface area (Å²) in [5.41, 5.74) is 5.88. The lowest BCUT2D eigenvalue weighted by Crippen LogP contribution is -2.15. The van der Waals surface area contributed by atoms with Crippen LogP contribution in [0.4, 0.5) is 5.69 Å². The van der Waals surface area contributed by atoms with E-state index in [1.807, 2.05) is 55.5 Å². The maximum atomic E-state index is 12.9. The molecule has 0 heterocycles. The Morgan fingerprint density at radius 2 is 1.74 bits per heavy atom. The molecular formula is C24H25NO2. The van der Waals surface area contributed by atoms with Gasteiger partial charge in [0.2, 0.25) is 0 Å². The number of amides is 1. The number of ether oxygens (including phenoxy) is 1. The van der Waals surface area contributed by atoms with Gasteiger partial charge in [0.25, 0.3) is 5.91 Å². The van der Waals surface area contributed by atoms with Crippen LogP contribution in [-0.4, -0.2) is 5.91 Å². The van der Waals surface area contributed by atoms with E-state index in [1.54, 1.807) is 6.07 Å². The van der Waals surface area contributed by atoms with Crippen molar-refractivity contribution in [2.24, 2.45) is 0 Å². The summed E-state index contributed by atoms with van der Waals surface area (Å²) in [6, 6.07) is 21.6. The maximum absolute atomic E-state index is 12.9. The summed E-state index contributed by atoms with van der Waals surface area (Å²) in [6.45, 7) is 6.58. The first-order valence-electron chi connectivity index (χ1n) is 9.25. The smallest absolute Gasteiger partial charge is 0.259 e. The Hall–Kier alpha value is -3.07. The van der Waals surface area contributed by atoms with Crippen molar-refractivity contribution in [3.63, 3.8) is 0 Å². The fraction of sp³-hybridized carbons (Fsp3) is 0.208. The Kier molecular flexibility index (Phi) is 5.92. The summed E-state index contributed by atoms with van der Waals surface area (Å²) >= 11 is 0. The Labute approximate surface area is 161 Å². The van der Waals surface area contributed by atoms with Gasteiger partial charge in [-0.15, -0.1) is 0 Å². The molecule has 0 aliphatic carbocycles. The first kappa shape index (κ1) is 18.7. The lowest BCUT2D eigenvalue weighted by atomic mass is 10.1. The lowest BCUT2D eigenvalue weighted by molar-refractivity contribution is 0.102. The molecule has 1 amide bonds. The maximum Gasteiger partial charge on any atom is 0.259 e. The van der Waals surface area contributed by atoms with Crippen molar-refractivity contribution >= 4 is 11.6 Å². The van der Waals surface area contributed by atoms with Gasteiger partial charge in [-0.3, -0.25) is 4.79 Å². The Morgan fingerprint density at radius 1 is 0.963 bits per heavy atom. The molecule has 0 aliphatic rings. The number of nitrogens with one attached hydrogen (secondary N) is 1. The van der Waals surface area contributed by atoms with E-state index in [0.29, 0.717) is 17.9 Å². The van der Waals surface area contributed by atoms with E-state index >= 15 is 0 Å². The third-order valence-corrected chi connectivity index (χ3v) is 4.59. The molecule has 3 aromatic rings. The third kappa shape index (κ3) is 4.56. The van der Waals surface area contributed by atoms with Crippen molar-refractivity contribution in [2.45, 2.75) is 33.8 Å². The Bertz CT molecular complexity index is 947. The third-order valence-electron chi connectivity index (χ3n) is 4.59. The van der Waals surface area contributed by atoms with E-state index < -0.39 is 0 Å². The highest BCUT2D eigenvalue weighted by atomic mass is 16.5. The predicted octanol–water partition coefficient (Wildman–Crippen LogP) is 5.70. The molecule has 0 unspecified atom stereocenters. The molecule has 0 atom stereocenters. The van der Waals surface area contributed by atoms with Crippen LogP contribution in [0.15, 0.2) is 66.7 Å². The first-order valence-corrected chi connectivity index (χ1v) is 9.25. The molecule has 0 aliphatic heterocycles. The molecule has 0 saturated heterocycles. The van der Waals surface area contributed by atoms with E-state index in [2.05, 4.69) is 31.3 Å². The second-order valence-electron chi connectivity index (χ2n) is 6.69. The number of para-hydroxylation sites is 2. The van der Waals surface area contributed by atoms with Gasteiger partial charge in [0.05, 0.1) is 5.56 Å². The summed E-state index contributed by atoms with van der Waals surface area (Å²) in [5, 5.41) is 3.07. The molecule has 0 saturated carbocycles. The van der Waals surface area contributed by atoms with Gasteiger partial charge < -0.3 is 10.1 Å². The standard InChI is InChI=1S/C24H25NO2/c1-4-20-12-8-10-18(3)23(20)25-24(26)21-13-5-6-14-22(21)27-16-19-11-7-9-17(2)15-19/h5-15H,4,16H2,1-3H3,(H,25,26). The Morgan fingerprint density at radius 3 is 2.52 bits per heavy atom. The second kappa shape index (κ2) is 8.54. The van der Waals surface area contributed by atoms with Crippen LogP contribution < -0.4 is 10.1 Å². The minimum atomic E-state index is -0.154. The van der Waals surface area contributed by atoms with Crippen molar-refractivity contribution in [1.82, 2.24) is 0 Å². The fourth-order valence-electron chi connectivity index (χ4n) is 3.13. The van der Waals surface area contributed by atoms with Gasteiger partial charge in [-0.2, -0.15) is 0 Å². The molecule has 27 heavy (non-hydrogen) atoms. The van der Waals surface area contributed by atoms with E-state index in [4.69, 9.17) is 4.74 Å². The van der Waals surface area contributed by atoms with Gasteiger partial charge in [-0.25, -0.2) is 0 Å². The average Bonchev–Trinajstić information content (AvgIpc) is 2.68. The van der Waals surface area contributed by atoms with Crippen LogP contribution in [-0.2, 0) is 13.0 Å². The van der Waals surface area contributed by atoms with Crippen LogP contribution in [0.5, 0.6) is 5.75 Å². The van der Waals surface area contributed by atoms with E-state index in [9.17, 15) is 4.79 Å². The van der Waals surface area contributed by atoms with E-state index in [-0.39, 0.29) is 5.91 Å². The van der Waals surface area contributed by atoms with Gasteiger partial charge in [0.1, 0.15) is 12.4 Å². The molecule has 3 heteroatoms. The summed E-state index contributed by atoms with van der Waals surface area (Å²) in [6.07, 6.45) is 0.864. The summed E-state index contributed by atoms with van der Waals surface area (Å²) in [4.78, 5) is 12.9. The molecule has 3 nitrogen and oxygen atoms in total. The SMILES string of the molecule is CCc1cccc(C)c1NC(=O)c1ccccc1OCc1cccc(C)c1. The Balaban J connectivity index is 1.80. The van der Waals surface area contributed by atoms with Gasteiger partial charge >= 0.3 is 0 Å². The highest BCUT2D eigenvalue weighted by molar-refractivity contribution is 6.06. The number of anilines is 1. The normalized spacial score (nSPS) is 10.5. The quantitative estimate of drug-likeness (QED) is 0.613. The highest BCUT2D eigenvalue weighted by Crippen LogP contribution is 2.25. The molecule has 138 valence electrons. The number of rotatable bonds is 6. The van der Waals surface area contributed by atoms with Crippen LogP contribution in [0.1, 0.15) is 39.5 Å². The largest absolute Gasteiger partial charge is 0.488 e. The average molecular weight is 359 g/mol. The topological polar surface area (TPSA) is 38.3 Å². The van der Waals surface area contributed by atoms with Gasteiger partial charge in [-0.1, -0.05) is 67.1 Å². The van der Waals surface area contributed by atoms with E-state index in [1.165, 1.54) is 5.56 Å². The van der Waals surface area contributed by atoms with Gasteiger partial charge in [-0.05, 0) is 49.1 Å². The zero-order valence-electron chi connectivity index (χ0n) is 16.1. The molecule has 3 rings (SSSR count). The first-order chi connectivity index (χ1) is 13.1. The van der Waals surface area contributed by atoms with Crippen LogP contribution in [0.3, 0.4) is 0 Å². The minimum Gasteiger partial charge on any atom is -0.488 e. The van der Waals surface area contributed by atoms with Crippen molar-refractivity contribution in [1.29, 1.82) is 0 Å². The van der Waals surface area contributed by atoms with Gasteiger partial charge in [0.15, 0.2) is 0 Å². The number of benzene rings is 3. The van der Waals surface area contributed by atoms with Crippen LogP contribution >= 0.6 is 0 Å². The number of carbonyl (C=O) groups excluding carboxylic acids is 1. The molecule has 0 aromatic heterocycles. The zero-order chi connectivity index (χ0) is 19.2. The fourth-order valence-corrected chi connectivity index (χ4v) is 3.13. The summed E-state index contributed by atoms with van der Waals surface area (Å²) in [5.74, 6) is 0.432. The molecule has 0 fully saturated rings.